The highest BCUT2D eigenvalue weighted by atomic mass is 35.5. The molecule has 9 heteroatoms. The van der Waals surface area contributed by atoms with Gasteiger partial charge in [-0.15, -0.1) is 24.8 Å². The SMILES string of the molecule is Cl.Cl.Cn1ccnc1C1(CN)NC(=O)NC1=O. The maximum absolute atomic E-state index is 11.7. The number of aryl methyl sites for hydroxylation is 1. The van der Waals surface area contributed by atoms with Crippen molar-refractivity contribution in [3.63, 3.8) is 0 Å². The lowest BCUT2D eigenvalue weighted by Crippen LogP contribution is -2.51. The van der Waals surface area contributed by atoms with E-state index < -0.39 is 17.5 Å². The number of hydrogen-bond acceptors (Lipinski definition) is 4. The molecule has 0 radical (unpaired) electrons. The summed E-state index contributed by atoms with van der Waals surface area (Å²) in [6, 6.07) is -0.548. The van der Waals surface area contributed by atoms with Crippen molar-refractivity contribution in [1.29, 1.82) is 0 Å². The molecule has 1 atom stereocenters. The summed E-state index contributed by atoms with van der Waals surface area (Å²) >= 11 is 0. The fourth-order valence-electron chi connectivity index (χ4n) is 1.66. The molecule has 2 rings (SSSR count). The second-order valence-corrected chi connectivity index (χ2v) is 3.38. The molecular formula is C8H13Cl2N5O2. The van der Waals surface area contributed by atoms with E-state index in [2.05, 4.69) is 15.6 Å². The maximum atomic E-state index is 11.7. The molecule has 96 valence electrons. The quantitative estimate of drug-likeness (QED) is 0.621. The third-order valence-electron chi connectivity index (χ3n) is 2.45. The van der Waals surface area contributed by atoms with E-state index in [1.165, 1.54) is 0 Å². The summed E-state index contributed by atoms with van der Waals surface area (Å²) in [6.45, 7) is -0.0323. The molecule has 2 heterocycles. The number of hydrogen-bond donors (Lipinski definition) is 3. The molecule has 1 aromatic rings. The third-order valence-corrected chi connectivity index (χ3v) is 2.45. The summed E-state index contributed by atoms with van der Waals surface area (Å²) in [4.78, 5) is 26.8. The molecule has 0 aliphatic carbocycles. The Hall–Kier alpha value is -1.31. The molecule has 17 heavy (non-hydrogen) atoms. The first-order chi connectivity index (χ1) is 7.10. The van der Waals surface area contributed by atoms with Crippen molar-refractivity contribution < 1.29 is 9.59 Å². The molecule has 1 aliphatic heterocycles. The van der Waals surface area contributed by atoms with Crippen LogP contribution < -0.4 is 16.4 Å². The van der Waals surface area contributed by atoms with Crippen LogP contribution in [0.2, 0.25) is 0 Å². The molecule has 1 saturated heterocycles. The standard InChI is InChI=1S/C8H11N5O2.2ClH/c1-13-3-2-10-5(13)8(4-9)6(14)11-7(15)12-8;;/h2-3H,4,9H2,1H3,(H2,11,12,14,15);2*1H. The van der Waals surface area contributed by atoms with E-state index in [4.69, 9.17) is 5.73 Å². The molecule has 0 bridgehead atoms. The molecule has 3 amide bonds. The topological polar surface area (TPSA) is 102 Å². The largest absolute Gasteiger partial charge is 0.336 e. The molecular weight excluding hydrogens is 269 g/mol. The lowest BCUT2D eigenvalue weighted by molar-refractivity contribution is -0.124. The summed E-state index contributed by atoms with van der Waals surface area (Å²) in [5.74, 6) is -0.0438. The second-order valence-electron chi connectivity index (χ2n) is 3.38. The number of urea groups is 1. The van der Waals surface area contributed by atoms with Crippen molar-refractivity contribution in [3.8, 4) is 0 Å². The van der Waals surface area contributed by atoms with Crippen molar-refractivity contribution >= 4 is 36.8 Å². The number of nitrogens with two attached hydrogens (primary N) is 1. The first-order valence-electron chi connectivity index (χ1n) is 4.41. The van der Waals surface area contributed by atoms with Crippen LogP contribution in [0.3, 0.4) is 0 Å². The van der Waals surface area contributed by atoms with Gasteiger partial charge in [0.05, 0.1) is 0 Å². The molecule has 7 nitrogen and oxygen atoms in total. The Morgan fingerprint density at radius 2 is 2.12 bits per heavy atom. The zero-order valence-corrected chi connectivity index (χ0v) is 10.6. The molecule has 1 aliphatic rings. The Balaban J connectivity index is 0.00000128. The fourth-order valence-corrected chi connectivity index (χ4v) is 1.66. The van der Waals surface area contributed by atoms with E-state index in [9.17, 15) is 9.59 Å². The van der Waals surface area contributed by atoms with Crippen LogP contribution in [0.1, 0.15) is 5.82 Å². The minimum atomic E-state index is -1.24. The summed E-state index contributed by atoms with van der Waals surface area (Å²) in [5.41, 5.74) is 4.31. The zero-order valence-electron chi connectivity index (χ0n) is 8.97. The van der Waals surface area contributed by atoms with Gasteiger partial charge < -0.3 is 15.6 Å². The van der Waals surface area contributed by atoms with E-state index in [0.29, 0.717) is 5.82 Å². The van der Waals surface area contributed by atoms with Crippen LogP contribution in [0.25, 0.3) is 0 Å². The van der Waals surface area contributed by atoms with Gasteiger partial charge in [-0.1, -0.05) is 0 Å². The number of carbonyl (C=O) groups excluding carboxylic acids is 2. The number of imidazole rings is 1. The Bertz CT molecular complexity index is 435. The number of nitrogens with one attached hydrogen (secondary N) is 2. The fraction of sp³-hybridized carbons (Fsp3) is 0.375. The van der Waals surface area contributed by atoms with Gasteiger partial charge in [0.1, 0.15) is 5.82 Å². The minimum absolute atomic E-state index is 0. The Morgan fingerprint density at radius 1 is 1.47 bits per heavy atom. The number of halogens is 2. The lowest BCUT2D eigenvalue weighted by atomic mass is 9.99. The van der Waals surface area contributed by atoms with Gasteiger partial charge in [0, 0.05) is 26.0 Å². The van der Waals surface area contributed by atoms with Crippen molar-refractivity contribution in [2.45, 2.75) is 5.54 Å². The molecule has 0 saturated carbocycles. The van der Waals surface area contributed by atoms with Crippen molar-refractivity contribution in [1.82, 2.24) is 20.2 Å². The van der Waals surface area contributed by atoms with Crippen LogP contribution in [-0.2, 0) is 17.4 Å². The van der Waals surface area contributed by atoms with Gasteiger partial charge in [0.2, 0.25) is 0 Å². The molecule has 4 N–H and O–H groups in total. The average Bonchev–Trinajstić information content (AvgIpc) is 2.71. The Labute approximate surface area is 110 Å². The predicted octanol–water partition coefficient (Wildman–Crippen LogP) is -0.743. The first-order valence-corrected chi connectivity index (χ1v) is 4.41. The van der Waals surface area contributed by atoms with Crippen LogP contribution in [0.5, 0.6) is 0 Å². The summed E-state index contributed by atoms with van der Waals surface area (Å²) in [6.07, 6.45) is 3.23. The van der Waals surface area contributed by atoms with Crippen LogP contribution in [-0.4, -0.2) is 28.0 Å². The summed E-state index contributed by atoms with van der Waals surface area (Å²) < 4.78 is 1.65. The third kappa shape index (κ3) is 2.21. The zero-order chi connectivity index (χ0) is 11.1. The number of amides is 3. The van der Waals surface area contributed by atoms with Gasteiger partial charge in [-0.2, -0.15) is 0 Å². The van der Waals surface area contributed by atoms with Crippen LogP contribution in [0.4, 0.5) is 4.79 Å². The van der Waals surface area contributed by atoms with Gasteiger partial charge >= 0.3 is 6.03 Å². The maximum Gasteiger partial charge on any atom is 0.322 e. The number of rotatable bonds is 2. The molecule has 1 unspecified atom stereocenters. The highest BCUT2D eigenvalue weighted by Crippen LogP contribution is 2.21. The van der Waals surface area contributed by atoms with Gasteiger partial charge in [-0.3, -0.25) is 10.1 Å². The highest BCUT2D eigenvalue weighted by Gasteiger charge is 2.49. The highest BCUT2D eigenvalue weighted by molar-refractivity contribution is 6.07. The lowest BCUT2D eigenvalue weighted by Gasteiger charge is -2.23. The van der Waals surface area contributed by atoms with Gasteiger partial charge in [-0.25, -0.2) is 9.78 Å². The minimum Gasteiger partial charge on any atom is -0.336 e. The number of nitrogens with zero attached hydrogens (tertiary/aromatic N) is 2. The summed E-state index contributed by atoms with van der Waals surface area (Å²) in [5, 5.41) is 4.65. The van der Waals surface area contributed by atoms with Crippen molar-refractivity contribution in [2.24, 2.45) is 12.8 Å². The predicted molar refractivity (Wildman–Crippen MR) is 65.1 cm³/mol. The van der Waals surface area contributed by atoms with E-state index >= 15 is 0 Å². The smallest absolute Gasteiger partial charge is 0.322 e. The number of aromatic nitrogens is 2. The molecule has 1 fully saturated rings. The Kier molecular flexibility index (Phi) is 4.94. The molecule has 0 spiro atoms. The van der Waals surface area contributed by atoms with E-state index in [-0.39, 0.29) is 31.4 Å². The van der Waals surface area contributed by atoms with E-state index in [1.54, 1.807) is 24.0 Å². The first kappa shape index (κ1) is 15.7. The van der Waals surface area contributed by atoms with Gasteiger partial charge in [-0.05, 0) is 0 Å². The Morgan fingerprint density at radius 3 is 2.47 bits per heavy atom. The van der Waals surface area contributed by atoms with Crippen molar-refractivity contribution in [3.05, 3.63) is 18.2 Å². The van der Waals surface area contributed by atoms with Crippen LogP contribution in [0.15, 0.2) is 12.4 Å². The number of carbonyl (C=O) groups is 2. The summed E-state index contributed by atoms with van der Waals surface area (Å²) in [7, 11) is 1.73. The molecule has 0 aromatic carbocycles. The van der Waals surface area contributed by atoms with E-state index in [1.807, 2.05) is 0 Å². The van der Waals surface area contributed by atoms with Crippen LogP contribution in [0, 0.1) is 0 Å². The second kappa shape index (κ2) is 5.35. The number of imide groups is 1. The van der Waals surface area contributed by atoms with Gasteiger partial charge in [0.15, 0.2) is 5.54 Å². The normalized spacial score (nSPS) is 22.2. The monoisotopic (exact) mass is 281 g/mol. The molecule has 1 aromatic heterocycles. The average molecular weight is 282 g/mol. The van der Waals surface area contributed by atoms with Crippen molar-refractivity contribution in [2.75, 3.05) is 6.54 Å². The van der Waals surface area contributed by atoms with E-state index in [0.717, 1.165) is 0 Å². The van der Waals surface area contributed by atoms with Crippen LogP contribution >= 0.6 is 24.8 Å². The van der Waals surface area contributed by atoms with Gasteiger partial charge in [0.25, 0.3) is 5.91 Å².